The molecule has 0 saturated heterocycles. The van der Waals surface area contributed by atoms with E-state index in [0.717, 1.165) is 64.2 Å². The lowest BCUT2D eigenvalue weighted by Crippen LogP contribution is -2.45. The van der Waals surface area contributed by atoms with Crippen LogP contribution >= 0.6 is 7.82 Å². The number of carbonyl (C=O) groups excluding carboxylic acids is 1. The number of likely N-dealkylation sites (N-methyl/N-ethyl adjacent to an activating group) is 1. The number of hydrogen-bond acceptors (Lipinski definition) is 6. The number of allylic oxidation sites excluding steroid dienone is 5. The fraction of sp³-hybridized carbons (Fsp3) is 0.774. The van der Waals surface area contributed by atoms with Crippen LogP contribution in [0.4, 0.5) is 0 Å². The van der Waals surface area contributed by atoms with Gasteiger partial charge in [0.05, 0.1) is 39.9 Å². The fourth-order valence-corrected chi connectivity index (χ4v) is 4.46. The molecule has 0 aromatic heterocycles. The van der Waals surface area contributed by atoms with E-state index in [1.54, 1.807) is 6.08 Å². The molecule has 0 saturated carbocycles. The molecule has 0 aromatic rings. The Labute approximate surface area is 245 Å². The first kappa shape index (κ1) is 38.7. The van der Waals surface area contributed by atoms with Crippen LogP contribution < -0.4 is 10.2 Å². The summed E-state index contributed by atoms with van der Waals surface area (Å²) in [6, 6.07) is -0.886. The lowest BCUT2D eigenvalue weighted by molar-refractivity contribution is -0.870. The van der Waals surface area contributed by atoms with Crippen LogP contribution in [0.5, 0.6) is 0 Å². The van der Waals surface area contributed by atoms with Gasteiger partial charge in [0.15, 0.2) is 0 Å². The van der Waals surface area contributed by atoms with E-state index in [-0.39, 0.29) is 12.5 Å². The Morgan fingerprint density at radius 3 is 2.08 bits per heavy atom. The van der Waals surface area contributed by atoms with Crippen LogP contribution in [0.2, 0.25) is 0 Å². The Bertz CT molecular complexity index is 763. The largest absolute Gasteiger partial charge is 0.756 e. The quantitative estimate of drug-likeness (QED) is 0.0540. The van der Waals surface area contributed by atoms with E-state index in [1.807, 2.05) is 27.2 Å². The van der Waals surface area contributed by atoms with Gasteiger partial charge in [0, 0.05) is 6.42 Å². The number of aliphatic hydroxyl groups is 1. The standard InChI is InChI=1S/C31H59N2O6P/c1-6-8-10-12-13-14-15-16-17-18-19-20-21-23-25-31(35)32-29(30(34)24-22-11-9-7-2)28-39-40(36,37)38-27-26-33(3,4)5/h12-13,15-16,22,24,29-30,34H,6-11,14,17-21,23,25-28H2,1-5H3,(H-,32,35,36,37)/b13-12-,16-15-,24-22+. The van der Waals surface area contributed by atoms with Gasteiger partial charge in [-0.25, -0.2) is 0 Å². The van der Waals surface area contributed by atoms with Crippen LogP contribution in [0.1, 0.15) is 104 Å². The minimum Gasteiger partial charge on any atom is -0.756 e. The fourth-order valence-electron chi connectivity index (χ4n) is 3.74. The molecule has 234 valence electrons. The molecule has 40 heavy (non-hydrogen) atoms. The van der Waals surface area contributed by atoms with Crippen molar-refractivity contribution in [2.75, 3.05) is 40.9 Å². The number of quaternary nitrogens is 1. The summed E-state index contributed by atoms with van der Waals surface area (Å²) in [5.74, 6) is -0.226. The third-order valence-electron chi connectivity index (χ3n) is 6.34. The first-order valence-electron chi connectivity index (χ1n) is 15.4. The van der Waals surface area contributed by atoms with Crippen molar-refractivity contribution >= 4 is 13.7 Å². The van der Waals surface area contributed by atoms with Crippen LogP contribution in [-0.4, -0.2) is 68.5 Å². The van der Waals surface area contributed by atoms with Crippen molar-refractivity contribution in [1.82, 2.24) is 5.32 Å². The summed E-state index contributed by atoms with van der Waals surface area (Å²) in [6.45, 7) is 4.38. The summed E-state index contributed by atoms with van der Waals surface area (Å²) in [4.78, 5) is 24.8. The molecule has 0 aromatic carbocycles. The van der Waals surface area contributed by atoms with Crippen LogP contribution in [0, 0.1) is 0 Å². The Balaban J connectivity index is 4.44. The molecule has 9 heteroatoms. The second-order valence-electron chi connectivity index (χ2n) is 11.5. The van der Waals surface area contributed by atoms with E-state index < -0.39 is 26.6 Å². The maximum Gasteiger partial charge on any atom is 0.268 e. The molecule has 0 heterocycles. The molecule has 0 radical (unpaired) electrons. The predicted molar refractivity (Wildman–Crippen MR) is 164 cm³/mol. The molecular weight excluding hydrogens is 527 g/mol. The van der Waals surface area contributed by atoms with Gasteiger partial charge in [0.2, 0.25) is 5.91 Å². The van der Waals surface area contributed by atoms with Gasteiger partial charge in [-0.1, -0.05) is 95.2 Å². The van der Waals surface area contributed by atoms with E-state index in [4.69, 9.17) is 9.05 Å². The second-order valence-corrected chi connectivity index (χ2v) is 12.9. The minimum atomic E-state index is -4.56. The molecule has 0 rings (SSSR count). The number of phosphoric ester groups is 1. The summed E-state index contributed by atoms with van der Waals surface area (Å²) in [7, 11) is 1.23. The van der Waals surface area contributed by atoms with Crippen molar-refractivity contribution in [2.45, 2.75) is 116 Å². The Morgan fingerprint density at radius 2 is 1.45 bits per heavy atom. The molecule has 0 aliphatic rings. The van der Waals surface area contributed by atoms with Crippen molar-refractivity contribution in [3.8, 4) is 0 Å². The van der Waals surface area contributed by atoms with Gasteiger partial charge in [-0.3, -0.25) is 9.36 Å². The molecule has 1 amide bonds. The number of nitrogens with one attached hydrogen (secondary N) is 1. The molecule has 0 bridgehead atoms. The normalized spacial score (nSPS) is 15.7. The SMILES string of the molecule is CCCC/C=C\C/C=C\CCCCCCCC(=O)NC(COP(=O)([O-])OCC[N+](C)(C)C)C(O)/C=C/CCCC. The van der Waals surface area contributed by atoms with Gasteiger partial charge < -0.3 is 28.8 Å². The zero-order valence-corrected chi connectivity index (χ0v) is 26.9. The molecule has 8 nitrogen and oxygen atoms in total. The zero-order chi connectivity index (χ0) is 30.1. The molecule has 3 atom stereocenters. The smallest absolute Gasteiger partial charge is 0.268 e. The zero-order valence-electron chi connectivity index (χ0n) is 26.0. The van der Waals surface area contributed by atoms with Crippen molar-refractivity contribution < 1.29 is 32.9 Å². The van der Waals surface area contributed by atoms with Crippen LogP contribution in [0.3, 0.4) is 0 Å². The number of carbonyl (C=O) groups is 1. The Hall–Kier alpha value is -1.28. The number of phosphoric acid groups is 1. The molecule has 3 unspecified atom stereocenters. The molecule has 0 aliphatic carbocycles. The second kappa shape index (κ2) is 24.3. The Kier molecular flexibility index (Phi) is 23.6. The number of aliphatic hydroxyl groups excluding tert-OH is 1. The number of hydrogen-bond donors (Lipinski definition) is 2. The number of unbranched alkanes of at least 4 members (excludes halogenated alkanes) is 9. The average Bonchev–Trinajstić information content (AvgIpc) is 2.88. The first-order valence-corrected chi connectivity index (χ1v) is 16.8. The van der Waals surface area contributed by atoms with Crippen molar-refractivity contribution in [2.24, 2.45) is 0 Å². The summed E-state index contributed by atoms with van der Waals surface area (Å²) in [5.41, 5.74) is 0. The van der Waals surface area contributed by atoms with Gasteiger partial charge in [0.25, 0.3) is 7.82 Å². The van der Waals surface area contributed by atoms with Crippen molar-refractivity contribution in [1.29, 1.82) is 0 Å². The van der Waals surface area contributed by atoms with Crippen LogP contribution in [0.15, 0.2) is 36.5 Å². The van der Waals surface area contributed by atoms with Gasteiger partial charge in [-0.15, -0.1) is 0 Å². The highest BCUT2D eigenvalue weighted by Crippen LogP contribution is 2.38. The maximum absolute atomic E-state index is 12.6. The van der Waals surface area contributed by atoms with Crippen LogP contribution in [-0.2, 0) is 18.4 Å². The molecule has 0 fully saturated rings. The highest BCUT2D eigenvalue weighted by Gasteiger charge is 2.23. The molecule has 0 aliphatic heterocycles. The monoisotopic (exact) mass is 586 g/mol. The lowest BCUT2D eigenvalue weighted by atomic mass is 10.1. The van der Waals surface area contributed by atoms with Crippen LogP contribution in [0.25, 0.3) is 0 Å². The molecule has 0 spiro atoms. The predicted octanol–water partition coefficient (Wildman–Crippen LogP) is 6.21. The maximum atomic E-state index is 12.6. The van der Waals surface area contributed by atoms with E-state index >= 15 is 0 Å². The molecular formula is C31H59N2O6P. The minimum absolute atomic E-state index is 0.00641. The van der Waals surface area contributed by atoms with Gasteiger partial charge >= 0.3 is 0 Å². The number of amides is 1. The summed E-state index contributed by atoms with van der Waals surface area (Å²) < 4.78 is 22.7. The average molecular weight is 587 g/mol. The summed E-state index contributed by atoms with van der Waals surface area (Å²) in [5, 5.41) is 13.4. The topological polar surface area (TPSA) is 108 Å². The van der Waals surface area contributed by atoms with Gasteiger partial charge in [-0.05, 0) is 38.5 Å². The molecule has 2 N–H and O–H groups in total. The Morgan fingerprint density at radius 1 is 0.875 bits per heavy atom. The highest BCUT2D eigenvalue weighted by atomic mass is 31.2. The van der Waals surface area contributed by atoms with Crippen molar-refractivity contribution in [3.05, 3.63) is 36.5 Å². The van der Waals surface area contributed by atoms with E-state index in [2.05, 4.69) is 43.5 Å². The number of rotatable bonds is 26. The van der Waals surface area contributed by atoms with Gasteiger partial charge in [0.1, 0.15) is 13.2 Å². The van der Waals surface area contributed by atoms with Crippen molar-refractivity contribution in [3.63, 3.8) is 0 Å². The van der Waals surface area contributed by atoms with Gasteiger partial charge in [-0.2, -0.15) is 0 Å². The van der Waals surface area contributed by atoms with E-state index in [9.17, 15) is 19.4 Å². The number of nitrogens with zero attached hydrogens (tertiary/aromatic N) is 1. The summed E-state index contributed by atoms with van der Waals surface area (Å²) in [6.07, 6.45) is 25.3. The highest BCUT2D eigenvalue weighted by molar-refractivity contribution is 7.45. The third kappa shape index (κ3) is 25.7. The lowest BCUT2D eigenvalue weighted by Gasteiger charge is -2.29. The first-order chi connectivity index (χ1) is 19.0. The summed E-state index contributed by atoms with van der Waals surface area (Å²) >= 11 is 0. The third-order valence-corrected chi connectivity index (χ3v) is 7.31. The van der Waals surface area contributed by atoms with E-state index in [0.29, 0.717) is 17.4 Å². The van der Waals surface area contributed by atoms with E-state index in [1.165, 1.54) is 19.3 Å².